The van der Waals surface area contributed by atoms with Crippen molar-refractivity contribution >= 4 is 11.9 Å². The number of benzene rings is 3. The van der Waals surface area contributed by atoms with Crippen LogP contribution in [0.25, 0.3) is 0 Å². The Labute approximate surface area is 193 Å². The van der Waals surface area contributed by atoms with E-state index in [1.165, 1.54) is 29.6 Å². The van der Waals surface area contributed by atoms with Crippen molar-refractivity contribution in [3.05, 3.63) is 102 Å². The van der Waals surface area contributed by atoms with Crippen LogP contribution in [0.1, 0.15) is 30.4 Å². The average Bonchev–Trinajstić information content (AvgIpc) is 2.80. The highest BCUT2D eigenvalue weighted by molar-refractivity contribution is 7.97. The normalized spacial score (nSPS) is 14.1. The lowest BCUT2D eigenvalue weighted by Crippen LogP contribution is -2.32. The SMILES string of the molecule is C[C@@H](c1ccccc1)C(CNCc1ccc(F)cc1F)CC(O)CNSc1ccccc1. The van der Waals surface area contributed by atoms with Crippen LogP contribution >= 0.6 is 11.9 Å². The molecule has 170 valence electrons. The Morgan fingerprint density at radius 2 is 1.59 bits per heavy atom. The maximum Gasteiger partial charge on any atom is 0.130 e. The molecule has 0 aliphatic carbocycles. The van der Waals surface area contributed by atoms with Crippen LogP contribution in [0.3, 0.4) is 0 Å². The van der Waals surface area contributed by atoms with Crippen LogP contribution in [0.4, 0.5) is 8.78 Å². The Morgan fingerprint density at radius 3 is 2.28 bits per heavy atom. The fourth-order valence-electron chi connectivity index (χ4n) is 3.69. The van der Waals surface area contributed by atoms with Gasteiger partial charge in [-0.2, -0.15) is 0 Å². The average molecular weight is 457 g/mol. The smallest absolute Gasteiger partial charge is 0.130 e. The third-order valence-corrected chi connectivity index (χ3v) is 6.42. The van der Waals surface area contributed by atoms with E-state index in [0.29, 0.717) is 31.6 Å². The molecule has 0 saturated heterocycles. The summed E-state index contributed by atoms with van der Waals surface area (Å²) in [6.07, 6.45) is 0.0730. The largest absolute Gasteiger partial charge is 0.392 e. The van der Waals surface area contributed by atoms with Crippen molar-refractivity contribution in [1.82, 2.24) is 10.0 Å². The predicted molar refractivity (Wildman–Crippen MR) is 127 cm³/mol. The van der Waals surface area contributed by atoms with Gasteiger partial charge in [-0.25, -0.2) is 8.78 Å². The van der Waals surface area contributed by atoms with Gasteiger partial charge in [-0.15, -0.1) is 0 Å². The number of hydrogen-bond donors (Lipinski definition) is 3. The summed E-state index contributed by atoms with van der Waals surface area (Å²) in [7, 11) is 0. The molecule has 0 radical (unpaired) electrons. The van der Waals surface area contributed by atoms with Crippen molar-refractivity contribution in [2.75, 3.05) is 13.1 Å². The number of rotatable bonds is 12. The molecule has 0 bridgehead atoms. The van der Waals surface area contributed by atoms with Gasteiger partial charge >= 0.3 is 0 Å². The zero-order valence-electron chi connectivity index (χ0n) is 18.2. The highest BCUT2D eigenvalue weighted by atomic mass is 32.2. The van der Waals surface area contributed by atoms with Gasteiger partial charge in [0.2, 0.25) is 0 Å². The van der Waals surface area contributed by atoms with E-state index in [2.05, 4.69) is 29.1 Å². The summed E-state index contributed by atoms with van der Waals surface area (Å²) in [5, 5.41) is 14.0. The fourth-order valence-corrected chi connectivity index (χ4v) is 4.43. The zero-order valence-corrected chi connectivity index (χ0v) is 19.0. The van der Waals surface area contributed by atoms with E-state index >= 15 is 0 Å². The Hall–Kier alpha value is -2.25. The van der Waals surface area contributed by atoms with Crippen molar-refractivity contribution in [1.29, 1.82) is 0 Å². The molecule has 3 atom stereocenters. The van der Waals surface area contributed by atoms with E-state index in [0.717, 1.165) is 11.0 Å². The van der Waals surface area contributed by atoms with Gasteiger partial charge in [0, 0.05) is 29.6 Å². The molecule has 0 aromatic heterocycles. The second-order valence-electron chi connectivity index (χ2n) is 7.98. The van der Waals surface area contributed by atoms with Crippen molar-refractivity contribution in [3.63, 3.8) is 0 Å². The summed E-state index contributed by atoms with van der Waals surface area (Å²) in [5.41, 5.74) is 1.63. The Kier molecular flexibility index (Phi) is 9.68. The van der Waals surface area contributed by atoms with Gasteiger partial charge in [-0.3, -0.25) is 4.72 Å². The van der Waals surface area contributed by atoms with Crippen molar-refractivity contribution in [3.8, 4) is 0 Å². The highest BCUT2D eigenvalue weighted by Gasteiger charge is 2.22. The summed E-state index contributed by atoms with van der Waals surface area (Å²) < 4.78 is 30.3. The van der Waals surface area contributed by atoms with Gasteiger partial charge in [0.25, 0.3) is 0 Å². The maximum atomic E-state index is 14.0. The summed E-state index contributed by atoms with van der Waals surface area (Å²) in [6, 6.07) is 23.8. The van der Waals surface area contributed by atoms with Gasteiger partial charge in [0.1, 0.15) is 11.6 Å². The van der Waals surface area contributed by atoms with Gasteiger partial charge in [-0.1, -0.05) is 61.5 Å². The molecule has 32 heavy (non-hydrogen) atoms. The molecule has 3 nitrogen and oxygen atoms in total. The molecule has 0 amide bonds. The molecule has 0 spiro atoms. The van der Waals surface area contributed by atoms with Crippen molar-refractivity contribution in [2.45, 2.75) is 36.8 Å². The van der Waals surface area contributed by atoms with Crippen LogP contribution in [-0.4, -0.2) is 24.3 Å². The van der Waals surface area contributed by atoms with E-state index in [-0.39, 0.29) is 11.8 Å². The van der Waals surface area contributed by atoms with Gasteiger partial charge in [0.15, 0.2) is 0 Å². The monoisotopic (exact) mass is 456 g/mol. The third-order valence-electron chi connectivity index (χ3n) is 5.60. The molecular formula is C26H30F2N2OS. The fraction of sp³-hybridized carbons (Fsp3) is 0.308. The van der Waals surface area contributed by atoms with Gasteiger partial charge in [0.05, 0.1) is 6.10 Å². The molecule has 0 fully saturated rings. The molecular weight excluding hydrogens is 426 g/mol. The van der Waals surface area contributed by atoms with E-state index < -0.39 is 17.7 Å². The quantitative estimate of drug-likeness (QED) is 0.314. The maximum absolute atomic E-state index is 14.0. The van der Waals surface area contributed by atoms with E-state index in [9.17, 15) is 13.9 Å². The molecule has 3 aromatic carbocycles. The molecule has 3 N–H and O–H groups in total. The number of aliphatic hydroxyl groups excluding tert-OH is 1. The molecule has 0 aliphatic rings. The minimum atomic E-state index is -0.578. The molecule has 0 heterocycles. The lowest BCUT2D eigenvalue weighted by molar-refractivity contribution is 0.139. The summed E-state index contributed by atoms with van der Waals surface area (Å²) in [4.78, 5) is 1.09. The first kappa shape index (κ1) is 24.4. The molecule has 2 unspecified atom stereocenters. The summed E-state index contributed by atoms with van der Waals surface area (Å²) in [5.74, 6) is -0.782. The Morgan fingerprint density at radius 1 is 0.906 bits per heavy atom. The van der Waals surface area contributed by atoms with Crippen LogP contribution < -0.4 is 10.0 Å². The molecule has 6 heteroatoms. The Balaban J connectivity index is 1.57. The lowest BCUT2D eigenvalue weighted by Gasteiger charge is -2.27. The summed E-state index contributed by atoms with van der Waals surface area (Å²) in [6.45, 7) is 3.53. The van der Waals surface area contributed by atoms with E-state index in [4.69, 9.17) is 0 Å². The van der Waals surface area contributed by atoms with Gasteiger partial charge in [-0.05, 0) is 60.5 Å². The number of halogens is 2. The highest BCUT2D eigenvalue weighted by Crippen LogP contribution is 2.28. The van der Waals surface area contributed by atoms with Crippen LogP contribution in [0.5, 0.6) is 0 Å². The van der Waals surface area contributed by atoms with Crippen molar-refractivity contribution in [2.24, 2.45) is 5.92 Å². The minimum absolute atomic E-state index is 0.138. The minimum Gasteiger partial charge on any atom is -0.392 e. The number of nitrogens with one attached hydrogen (secondary N) is 2. The van der Waals surface area contributed by atoms with Crippen LogP contribution in [-0.2, 0) is 6.54 Å². The lowest BCUT2D eigenvalue weighted by atomic mass is 9.83. The van der Waals surface area contributed by atoms with Crippen molar-refractivity contribution < 1.29 is 13.9 Å². The first-order valence-electron chi connectivity index (χ1n) is 10.9. The second kappa shape index (κ2) is 12.7. The molecule has 0 saturated carbocycles. The van der Waals surface area contributed by atoms with Crippen LogP contribution in [0.15, 0.2) is 83.8 Å². The zero-order chi connectivity index (χ0) is 22.8. The van der Waals surface area contributed by atoms with Crippen LogP contribution in [0.2, 0.25) is 0 Å². The molecule has 3 aromatic rings. The Bertz CT molecular complexity index is 943. The predicted octanol–water partition coefficient (Wildman–Crippen LogP) is 5.52. The standard InChI is InChI=1S/C26H30F2N2OS/c1-19(20-8-4-2-5-9-20)22(17-29-16-21-12-13-23(27)15-26(21)28)14-24(31)18-30-32-25-10-6-3-7-11-25/h2-13,15,19,22,24,29-31H,14,16-18H2,1H3/t19-,22?,24?/m0/s1. The van der Waals surface area contributed by atoms with E-state index in [1.807, 2.05) is 48.5 Å². The third kappa shape index (κ3) is 7.71. The second-order valence-corrected chi connectivity index (χ2v) is 8.94. The summed E-state index contributed by atoms with van der Waals surface area (Å²) >= 11 is 1.50. The van der Waals surface area contributed by atoms with Gasteiger partial charge < -0.3 is 10.4 Å². The molecule has 0 aliphatic heterocycles. The first-order valence-corrected chi connectivity index (χ1v) is 11.7. The van der Waals surface area contributed by atoms with Crippen LogP contribution in [0, 0.1) is 17.6 Å². The first-order chi connectivity index (χ1) is 15.5. The number of hydrogen-bond acceptors (Lipinski definition) is 4. The topological polar surface area (TPSA) is 44.3 Å². The number of aliphatic hydroxyl groups is 1. The van der Waals surface area contributed by atoms with E-state index in [1.54, 1.807) is 0 Å². The molecule has 3 rings (SSSR count).